The molecule has 1 aromatic carbocycles. The van der Waals surface area contributed by atoms with Crippen LogP contribution in [0.25, 0.3) is 5.65 Å². The van der Waals surface area contributed by atoms with E-state index in [4.69, 9.17) is 27.6 Å². The molecule has 6 heterocycles. The normalized spacial score (nSPS) is 19.5. The summed E-state index contributed by atoms with van der Waals surface area (Å²) in [7, 11) is 1.28. The van der Waals surface area contributed by atoms with Crippen LogP contribution in [0.1, 0.15) is 42.5 Å². The average molecular weight is 737 g/mol. The quantitative estimate of drug-likeness (QED) is 0.0685. The van der Waals surface area contributed by atoms with Crippen LogP contribution in [0.5, 0.6) is 0 Å². The number of carbonyl (C=O) groups excluding carboxylic acids is 2. The maximum absolute atomic E-state index is 13.4. The van der Waals surface area contributed by atoms with E-state index in [0.717, 1.165) is 54.0 Å². The summed E-state index contributed by atoms with van der Waals surface area (Å²) in [5.74, 6) is -1.95. The lowest BCUT2D eigenvalue weighted by molar-refractivity contribution is -0.661. The number of Topliss-reactive ketones (excluding diaryl/α,β-unsaturated/α-hetero) is 1. The van der Waals surface area contributed by atoms with Crippen LogP contribution in [0.2, 0.25) is 4.34 Å². The van der Waals surface area contributed by atoms with E-state index in [9.17, 15) is 19.5 Å². The monoisotopic (exact) mass is 736 g/mol. The summed E-state index contributed by atoms with van der Waals surface area (Å²) in [6.07, 6.45) is 9.06. The third kappa shape index (κ3) is 6.26. The molecule has 2 atom stereocenters. The van der Waals surface area contributed by atoms with Gasteiger partial charge in [-0.05, 0) is 30.4 Å². The van der Waals surface area contributed by atoms with Crippen molar-refractivity contribution in [2.45, 2.75) is 44.1 Å². The zero-order valence-electron chi connectivity index (χ0n) is 27.1. The van der Waals surface area contributed by atoms with Gasteiger partial charge in [-0.1, -0.05) is 52.4 Å². The molecule has 50 heavy (non-hydrogen) atoms. The van der Waals surface area contributed by atoms with Gasteiger partial charge in [-0.2, -0.15) is 0 Å². The van der Waals surface area contributed by atoms with E-state index in [0.29, 0.717) is 23.7 Å². The van der Waals surface area contributed by atoms with Crippen LogP contribution >= 0.6 is 34.7 Å². The first-order valence-corrected chi connectivity index (χ1v) is 18.3. The van der Waals surface area contributed by atoms with E-state index < -0.39 is 29.0 Å². The summed E-state index contributed by atoms with van der Waals surface area (Å²) in [5, 5.41) is 22.3. The molecule has 17 heteroatoms. The van der Waals surface area contributed by atoms with Crippen LogP contribution in [0.15, 0.2) is 65.3 Å². The molecule has 4 aromatic rings. The number of rotatable bonds is 11. The molecule has 0 unspecified atom stereocenters. The van der Waals surface area contributed by atoms with Gasteiger partial charge in [0.2, 0.25) is 5.91 Å². The van der Waals surface area contributed by atoms with Gasteiger partial charge in [-0.15, -0.1) is 16.3 Å². The molecule has 2 fully saturated rings. The number of likely N-dealkylation sites (tertiary alicyclic amines) is 1. The van der Waals surface area contributed by atoms with Crippen LogP contribution < -0.4 is 10.3 Å². The standard InChI is InChI=1S/C33H34ClN9O5S2/c1-48-38-25(26-28(34)50-33(36)37-26)23(44)15-22-30(45)43-27(32(46)47)21(18-49-31(22)43)17-41-12-9-24-40(13-14-42(24)41)16-19-5-7-20(8-6-19)29(35)39-10-3-2-4-11-39/h5-9,12-14,22,31,35H,2-4,10-11,15-18H2,1H3,(H2-,36,37,46,47)/p+1/b35-29?,38-25+/t22-,31-/m1/s1. The van der Waals surface area contributed by atoms with Crippen LogP contribution in [-0.4, -0.2) is 89.6 Å². The largest absolute Gasteiger partial charge is 0.477 e. The third-order valence-corrected chi connectivity index (χ3v) is 11.7. The Balaban J connectivity index is 1.04. The van der Waals surface area contributed by atoms with Crippen LogP contribution in [0, 0.1) is 11.3 Å². The van der Waals surface area contributed by atoms with E-state index >= 15 is 0 Å². The van der Waals surface area contributed by atoms with Gasteiger partial charge < -0.3 is 20.6 Å². The minimum absolute atomic E-state index is 0.0550. The Morgan fingerprint density at radius 2 is 1.94 bits per heavy atom. The van der Waals surface area contributed by atoms with Crippen molar-refractivity contribution in [3.05, 3.63) is 81.3 Å². The average Bonchev–Trinajstić information content (AvgIpc) is 3.81. The number of oxime groups is 1. The van der Waals surface area contributed by atoms with Crippen molar-refractivity contribution < 1.29 is 28.9 Å². The molecule has 0 saturated carbocycles. The highest BCUT2D eigenvalue weighted by Crippen LogP contribution is 2.45. The number of nitrogen functional groups attached to an aromatic ring is 1. The number of hydrogen-bond acceptors (Lipinski definition) is 10. The maximum atomic E-state index is 13.4. The minimum atomic E-state index is -1.20. The fourth-order valence-electron chi connectivity index (χ4n) is 6.78. The number of aromatic nitrogens is 4. The molecule has 0 radical (unpaired) electrons. The molecule has 260 valence electrons. The fourth-order valence-corrected chi connectivity index (χ4v) is 9.11. The first-order valence-electron chi connectivity index (χ1n) is 16.1. The maximum Gasteiger partial charge on any atom is 0.352 e. The van der Waals surface area contributed by atoms with Gasteiger partial charge in [0.25, 0.3) is 0 Å². The van der Waals surface area contributed by atoms with Crippen molar-refractivity contribution in [2.75, 3.05) is 31.7 Å². The third-order valence-electron chi connectivity index (χ3n) is 9.23. The van der Waals surface area contributed by atoms with Gasteiger partial charge in [0.1, 0.15) is 41.4 Å². The van der Waals surface area contributed by atoms with E-state index in [1.165, 1.54) is 30.2 Å². The number of carboxylic acid groups (broad SMARTS) is 1. The summed E-state index contributed by atoms with van der Waals surface area (Å²) < 4.78 is 6.15. The molecule has 3 aliphatic heterocycles. The number of thioether (sulfide) groups is 1. The number of β-lactam (4-membered cyclic amide) rings is 1. The first-order chi connectivity index (χ1) is 24.1. The Bertz CT molecular complexity index is 2060. The smallest absolute Gasteiger partial charge is 0.352 e. The Kier molecular flexibility index (Phi) is 9.41. The van der Waals surface area contributed by atoms with E-state index in [1.54, 1.807) is 0 Å². The zero-order valence-corrected chi connectivity index (χ0v) is 29.5. The molecule has 2 saturated heterocycles. The number of imidazole rings is 1. The lowest BCUT2D eigenvalue weighted by Crippen LogP contribution is -2.62. The number of carboxylic acids is 1. The molecule has 14 nitrogen and oxygen atoms in total. The summed E-state index contributed by atoms with van der Waals surface area (Å²) in [6, 6.07) is 10.1. The highest BCUT2D eigenvalue weighted by atomic mass is 35.5. The Labute approximate surface area is 300 Å². The van der Waals surface area contributed by atoms with Crippen molar-refractivity contribution >= 4 is 74.7 Å². The second-order valence-electron chi connectivity index (χ2n) is 12.3. The summed E-state index contributed by atoms with van der Waals surface area (Å²) in [6.45, 7) is 2.75. The number of carbonyl (C=O) groups is 3. The van der Waals surface area contributed by atoms with Gasteiger partial charge >= 0.3 is 11.6 Å². The molecule has 0 aliphatic carbocycles. The van der Waals surface area contributed by atoms with Crippen LogP contribution in [0.3, 0.4) is 0 Å². The Morgan fingerprint density at radius 3 is 2.62 bits per heavy atom. The number of amides is 1. The number of nitrogens with one attached hydrogen (secondary N) is 1. The number of fused-ring (bicyclic) bond motifs is 2. The van der Waals surface area contributed by atoms with Crippen molar-refractivity contribution in [3.63, 3.8) is 0 Å². The van der Waals surface area contributed by atoms with Crippen LogP contribution in [-0.2, 0) is 32.3 Å². The lowest BCUT2D eigenvalue weighted by Gasteiger charge is -2.49. The van der Waals surface area contributed by atoms with Crippen molar-refractivity contribution in [1.82, 2.24) is 24.0 Å². The van der Waals surface area contributed by atoms with E-state index in [1.807, 2.05) is 46.0 Å². The van der Waals surface area contributed by atoms with E-state index in [-0.39, 0.29) is 39.5 Å². The first kappa shape index (κ1) is 33.8. The Hall–Kier alpha value is -4.67. The lowest BCUT2D eigenvalue weighted by atomic mass is 9.89. The molecule has 3 aliphatic rings. The van der Waals surface area contributed by atoms with Gasteiger partial charge in [0, 0.05) is 30.8 Å². The number of thiazole rings is 1. The SMILES string of the molecule is CO/N=C(\C(=O)C[C@@H]1C(=O)N2C(C(=O)O)=C(Cn3ccc4n3cc[n+]4Cc3ccc(C(=N)N4CCCCC4)cc3)CS[C@H]12)c1nc(N)sc1Cl. The number of anilines is 1. The molecule has 7 rings (SSSR count). The number of aliphatic carboxylic acids is 1. The summed E-state index contributed by atoms with van der Waals surface area (Å²) >= 11 is 8.62. The summed E-state index contributed by atoms with van der Waals surface area (Å²) in [5.41, 5.74) is 9.15. The van der Waals surface area contributed by atoms with Crippen molar-refractivity contribution in [1.29, 1.82) is 5.41 Å². The molecular weight excluding hydrogens is 702 g/mol. The molecule has 0 bridgehead atoms. The molecule has 4 N–H and O–H groups in total. The van der Waals surface area contributed by atoms with Gasteiger partial charge in [0.05, 0.1) is 30.1 Å². The highest BCUT2D eigenvalue weighted by Gasteiger charge is 2.54. The topological polar surface area (TPSA) is 175 Å². The van der Waals surface area contributed by atoms with Gasteiger partial charge in [-0.25, -0.2) is 19.0 Å². The van der Waals surface area contributed by atoms with Crippen molar-refractivity contribution in [2.24, 2.45) is 11.1 Å². The van der Waals surface area contributed by atoms with Crippen molar-refractivity contribution in [3.8, 4) is 0 Å². The number of halogens is 1. The minimum Gasteiger partial charge on any atom is -0.477 e. The number of piperidine rings is 1. The van der Waals surface area contributed by atoms with Gasteiger partial charge in [-0.3, -0.25) is 19.9 Å². The number of ketones is 1. The second kappa shape index (κ2) is 13.9. The predicted molar refractivity (Wildman–Crippen MR) is 189 cm³/mol. The molecular formula is C33H35ClN9O5S2+. The molecule has 3 aromatic heterocycles. The molecule has 0 spiro atoms. The van der Waals surface area contributed by atoms with E-state index in [2.05, 4.69) is 31.7 Å². The Morgan fingerprint density at radius 1 is 1.18 bits per heavy atom. The number of amidine groups is 1. The summed E-state index contributed by atoms with van der Waals surface area (Å²) in [4.78, 5) is 51.6. The zero-order chi connectivity index (χ0) is 35.1. The number of nitrogens with zero attached hydrogens (tertiary/aromatic N) is 7. The van der Waals surface area contributed by atoms with Crippen LogP contribution in [0.4, 0.5) is 5.13 Å². The highest BCUT2D eigenvalue weighted by molar-refractivity contribution is 8.00. The molecule has 1 amide bonds. The number of benzene rings is 1. The number of nitrogens with two attached hydrogens (primary N) is 1. The number of hydrogen-bond donors (Lipinski definition) is 3. The predicted octanol–water partition coefficient (Wildman–Crippen LogP) is 3.46. The second-order valence-corrected chi connectivity index (χ2v) is 15.1. The van der Waals surface area contributed by atoms with Gasteiger partial charge in [0.15, 0.2) is 22.8 Å². The fraction of sp³-hybridized carbons (Fsp3) is 0.364.